The molecule has 9 heteroatoms. The quantitative estimate of drug-likeness (QED) is 0.488. The van der Waals surface area contributed by atoms with Crippen molar-refractivity contribution in [3.05, 3.63) is 28.2 Å². The SMILES string of the molecule is CN=C(NCC(=O)NC(C)(C)C)NCc1cc(Br)ccc1OC(F)F. The normalized spacial score (nSPS) is 12.1. The number of nitrogens with one attached hydrogen (secondary N) is 3. The lowest BCUT2D eigenvalue weighted by atomic mass is 10.1. The number of carbonyl (C=O) groups is 1. The molecule has 0 aromatic heterocycles. The topological polar surface area (TPSA) is 74.8 Å². The summed E-state index contributed by atoms with van der Waals surface area (Å²) >= 11 is 3.29. The third-order valence-electron chi connectivity index (χ3n) is 2.84. The molecular weight excluding hydrogens is 398 g/mol. The molecule has 0 aliphatic rings. The second-order valence-corrected chi connectivity index (χ2v) is 7.12. The molecule has 0 bridgehead atoms. The van der Waals surface area contributed by atoms with E-state index in [1.54, 1.807) is 19.2 Å². The molecule has 140 valence electrons. The molecule has 0 unspecified atom stereocenters. The van der Waals surface area contributed by atoms with Gasteiger partial charge in [0, 0.05) is 29.2 Å². The molecular formula is C16H23BrF2N4O2. The van der Waals surface area contributed by atoms with Gasteiger partial charge < -0.3 is 20.7 Å². The number of ether oxygens (including phenoxy) is 1. The van der Waals surface area contributed by atoms with Crippen LogP contribution in [0, 0.1) is 0 Å². The zero-order valence-electron chi connectivity index (χ0n) is 14.6. The lowest BCUT2D eigenvalue weighted by molar-refractivity contribution is -0.121. The number of amides is 1. The number of carbonyl (C=O) groups excluding carboxylic acids is 1. The number of hydrogen-bond acceptors (Lipinski definition) is 3. The summed E-state index contributed by atoms with van der Waals surface area (Å²) in [6, 6.07) is 4.75. The van der Waals surface area contributed by atoms with Gasteiger partial charge in [0.1, 0.15) is 5.75 Å². The van der Waals surface area contributed by atoms with Gasteiger partial charge in [-0.2, -0.15) is 8.78 Å². The van der Waals surface area contributed by atoms with Crippen LogP contribution in [0.15, 0.2) is 27.7 Å². The van der Waals surface area contributed by atoms with E-state index in [-0.39, 0.29) is 30.3 Å². The van der Waals surface area contributed by atoms with Crippen LogP contribution < -0.4 is 20.7 Å². The largest absolute Gasteiger partial charge is 0.434 e. The van der Waals surface area contributed by atoms with Crippen molar-refractivity contribution in [3.8, 4) is 5.75 Å². The maximum absolute atomic E-state index is 12.5. The summed E-state index contributed by atoms with van der Waals surface area (Å²) in [4.78, 5) is 15.8. The standard InChI is InChI=1S/C16H23BrF2N4O2/c1-16(2,3)23-13(24)9-22-15(20-4)21-8-10-7-11(17)5-6-12(10)25-14(18)19/h5-7,14H,8-9H2,1-4H3,(H,23,24)(H2,20,21,22). The van der Waals surface area contributed by atoms with Crippen LogP contribution in [0.5, 0.6) is 5.75 Å². The van der Waals surface area contributed by atoms with Crippen molar-refractivity contribution in [1.29, 1.82) is 0 Å². The number of hydrogen-bond donors (Lipinski definition) is 3. The summed E-state index contributed by atoms with van der Waals surface area (Å²) in [6.45, 7) is 2.98. The molecule has 0 atom stereocenters. The van der Waals surface area contributed by atoms with E-state index in [4.69, 9.17) is 0 Å². The summed E-state index contributed by atoms with van der Waals surface area (Å²) in [5.41, 5.74) is 0.199. The van der Waals surface area contributed by atoms with Crippen molar-refractivity contribution >= 4 is 27.8 Å². The van der Waals surface area contributed by atoms with Crippen molar-refractivity contribution in [3.63, 3.8) is 0 Å². The molecule has 1 amide bonds. The predicted octanol–water partition coefficient (Wildman–Crippen LogP) is 2.63. The molecule has 25 heavy (non-hydrogen) atoms. The Morgan fingerprint density at radius 3 is 2.56 bits per heavy atom. The molecule has 0 saturated carbocycles. The van der Waals surface area contributed by atoms with Crippen LogP contribution >= 0.6 is 15.9 Å². The zero-order valence-corrected chi connectivity index (χ0v) is 16.2. The molecule has 1 aromatic rings. The third kappa shape index (κ3) is 8.67. The summed E-state index contributed by atoms with van der Waals surface area (Å²) in [5, 5.41) is 8.64. The number of halogens is 3. The third-order valence-corrected chi connectivity index (χ3v) is 3.33. The number of alkyl halides is 2. The number of guanidine groups is 1. The highest BCUT2D eigenvalue weighted by Crippen LogP contribution is 2.24. The van der Waals surface area contributed by atoms with Gasteiger partial charge in [-0.3, -0.25) is 9.79 Å². The molecule has 0 fully saturated rings. The molecule has 0 saturated heterocycles. The van der Waals surface area contributed by atoms with Crippen molar-refractivity contribution < 1.29 is 18.3 Å². The maximum atomic E-state index is 12.5. The minimum atomic E-state index is -2.90. The van der Waals surface area contributed by atoms with Crippen LogP contribution in [0.1, 0.15) is 26.3 Å². The second-order valence-electron chi connectivity index (χ2n) is 6.21. The molecule has 0 aliphatic carbocycles. The second kappa shape index (κ2) is 9.55. The van der Waals surface area contributed by atoms with Crippen LogP contribution in [-0.2, 0) is 11.3 Å². The minimum Gasteiger partial charge on any atom is -0.434 e. The Bertz CT molecular complexity index is 619. The Morgan fingerprint density at radius 2 is 2.00 bits per heavy atom. The summed E-state index contributed by atoms with van der Waals surface area (Å²) in [6.07, 6.45) is 0. The van der Waals surface area contributed by atoms with E-state index >= 15 is 0 Å². The Morgan fingerprint density at radius 1 is 1.32 bits per heavy atom. The average molecular weight is 421 g/mol. The minimum absolute atomic E-state index is 0.0375. The fourth-order valence-electron chi connectivity index (χ4n) is 1.92. The summed E-state index contributed by atoms with van der Waals surface area (Å²) in [5.74, 6) is 0.262. The van der Waals surface area contributed by atoms with Crippen molar-refractivity contribution in [2.75, 3.05) is 13.6 Å². The van der Waals surface area contributed by atoms with Crippen LogP contribution in [0.3, 0.4) is 0 Å². The summed E-state index contributed by atoms with van der Waals surface area (Å²) < 4.78 is 30.2. The van der Waals surface area contributed by atoms with Crippen LogP contribution in [0.2, 0.25) is 0 Å². The van der Waals surface area contributed by atoms with Gasteiger partial charge in [0.2, 0.25) is 5.91 Å². The van der Waals surface area contributed by atoms with Crippen LogP contribution in [0.4, 0.5) is 8.78 Å². The van der Waals surface area contributed by atoms with E-state index in [0.717, 1.165) is 4.47 Å². The van der Waals surface area contributed by atoms with E-state index in [1.807, 2.05) is 20.8 Å². The number of aliphatic imine (C=N–C) groups is 1. The molecule has 3 N–H and O–H groups in total. The van der Waals surface area contributed by atoms with Gasteiger partial charge in [0.05, 0.1) is 6.54 Å². The van der Waals surface area contributed by atoms with Gasteiger partial charge in [-0.05, 0) is 39.0 Å². The molecule has 0 aliphatic heterocycles. The molecule has 0 radical (unpaired) electrons. The smallest absolute Gasteiger partial charge is 0.387 e. The zero-order chi connectivity index (χ0) is 19.0. The fourth-order valence-corrected chi connectivity index (χ4v) is 2.33. The van der Waals surface area contributed by atoms with Gasteiger partial charge in [0.25, 0.3) is 0 Å². The number of nitrogens with zero attached hydrogens (tertiary/aromatic N) is 1. The Kier molecular flexibility index (Phi) is 8.08. The average Bonchev–Trinajstić information content (AvgIpc) is 2.47. The summed E-state index contributed by atoms with van der Waals surface area (Å²) in [7, 11) is 1.55. The maximum Gasteiger partial charge on any atom is 0.387 e. The van der Waals surface area contributed by atoms with Gasteiger partial charge >= 0.3 is 6.61 Å². The Hall–Kier alpha value is -1.90. The lowest BCUT2D eigenvalue weighted by Gasteiger charge is -2.21. The molecule has 1 aromatic carbocycles. The van der Waals surface area contributed by atoms with E-state index < -0.39 is 6.61 Å². The number of rotatable bonds is 6. The lowest BCUT2D eigenvalue weighted by Crippen LogP contribution is -2.48. The van der Waals surface area contributed by atoms with E-state index in [9.17, 15) is 13.6 Å². The first kappa shape index (κ1) is 21.1. The van der Waals surface area contributed by atoms with E-state index in [1.165, 1.54) is 6.07 Å². The first-order valence-electron chi connectivity index (χ1n) is 7.59. The van der Waals surface area contributed by atoms with Gasteiger partial charge in [-0.25, -0.2) is 0 Å². The molecule has 1 rings (SSSR count). The highest BCUT2D eigenvalue weighted by atomic mass is 79.9. The van der Waals surface area contributed by atoms with Crippen LogP contribution in [0.25, 0.3) is 0 Å². The molecule has 0 heterocycles. The predicted molar refractivity (Wildman–Crippen MR) is 96.9 cm³/mol. The first-order valence-corrected chi connectivity index (χ1v) is 8.39. The fraction of sp³-hybridized carbons (Fsp3) is 0.500. The number of benzene rings is 1. The molecule has 6 nitrogen and oxygen atoms in total. The monoisotopic (exact) mass is 420 g/mol. The van der Waals surface area contributed by atoms with Crippen LogP contribution in [-0.4, -0.2) is 37.6 Å². The van der Waals surface area contributed by atoms with E-state index in [0.29, 0.717) is 11.5 Å². The highest BCUT2D eigenvalue weighted by Gasteiger charge is 2.14. The first-order chi connectivity index (χ1) is 11.6. The van der Waals surface area contributed by atoms with Gasteiger partial charge in [-0.1, -0.05) is 15.9 Å². The highest BCUT2D eigenvalue weighted by molar-refractivity contribution is 9.10. The Labute approximate surface area is 154 Å². The van der Waals surface area contributed by atoms with Crippen molar-refractivity contribution in [1.82, 2.24) is 16.0 Å². The van der Waals surface area contributed by atoms with Crippen molar-refractivity contribution in [2.45, 2.75) is 39.5 Å². The van der Waals surface area contributed by atoms with E-state index in [2.05, 4.69) is 41.6 Å². The van der Waals surface area contributed by atoms with Crippen molar-refractivity contribution in [2.24, 2.45) is 4.99 Å². The van der Waals surface area contributed by atoms with Gasteiger partial charge in [0.15, 0.2) is 5.96 Å². The van der Waals surface area contributed by atoms with Gasteiger partial charge in [-0.15, -0.1) is 0 Å². The Balaban J connectivity index is 2.63. The molecule has 0 spiro atoms.